The number of benzene rings is 2. The van der Waals surface area contributed by atoms with Gasteiger partial charge in [-0.25, -0.2) is 4.68 Å². The maximum Gasteiger partial charge on any atom is 0.0652 e. The van der Waals surface area contributed by atoms with Gasteiger partial charge in [0.25, 0.3) is 0 Å². The molecule has 3 rings (SSSR count). The Bertz CT molecular complexity index is 706. The molecule has 0 N–H and O–H groups in total. The summed E-state index contributed by atoms with van der Waals surface area (Å²) < 4.78 is 1.80. The van der Waals surface area contributed by atoms with Gasteiger partial charge in [-0.1, -0.05) is 35.3 Å². The number of hydrogen-bond acceptors (Lipinski definition) is 1. The minimum atomic E-state index is 0.693. The summed E-state index contributed by atoms with van der Waals surface area (Å²) in [7, 11) is 0. The fourth-order valence-electron chi connectivity index (χ4n) is 1.95. The van der Waals surface area contributed by atoms with Crippen LogP contribution in [-0.2, 0) is 0 Å². The van der Waals surface area contributed by atoms with E-state index in [4.69, 9.17) is 23.2 Å². The summed E-state index contributed by atoms with van der Waals surface area (Å²) in [5.41, 5.74) is 2.90. The lowest BCUT2D eigenvalue weighted by Gasteiger charge is -2.08. The van der Waals surface area contributed by atoms with E-state index in [0.717, 1.165) is 16.8 Å². The van der Waals surface area contributed by atoms with Gasteiger partial charge in [0.2, 0.25) is 0 Å². The van der Waals surface area contributed by atoms with Crippen molar-refractivity contribution in [3.63, 3.8) is 0 Å². The third kappa shape index (κ3) is 2.50. The number of aromatic nitrogens is 2. The van der Waals surface area contributed by atoms with Gasteiger partial charge in [0.05, 0.1) is 5.69 Å². The molecule has 2 nitrogen and oxygen atoms in total. The molecule has 0 bridgehead atoms. The summed E-state index contributed by atoms with van der Waals surface area (Å²) in [5.74, 6) is 0. The minimum Gasteiger partial charge on any atom is -0.241 e. The Morgan fingerprint density at radius 1 is 0.947 bits per heavy atom. The molecular formula is C15H10Cl2N2. The quantitative estimate of drug-likeness (QED) is 0.659. The van der Waals surface area contributed by atoms with Gasteiger partial charge in [0.15, 0.2) is 0 Å². The second-order valence-electron chi connectivity index (χ2n) is 4.13. The lowest BCUT2D eigenvalue weighted by atomic mass is 10.1. The molecule has 0 aliphatic carbocycles. The van der Waals surface area contributed by atoms with E-state index in [1.165, 1.54) is 0 Å². The van der Waals surface area contributed by atoms with Crippen molar-refractivity contribution in [1.82, 2.24) is 9.78 Å². The highest BCUT2D eigenvalue weighted by Crippen LogP contribution is 2.31. The van der Waals surface area contributed by atoms with Crippen molar-refractivity contribution in [3.05, 3.63) is 71.0 Å². The fraction of sp³-hybridized carbons (Fsp3) is 0. The maximum absolute atomic E-state index is 6.27. The summed E-state index contributed by atoms with van der Waals surface area (Å²) in [6.07, 6.45) is 3.64. The van der Waals surface area contributed by atoms with Crippen LogP contribution in [0.3, 0.4) is 0 Å². The van der Waals surface area contributed by atoms with Crippen molar-refractivity contribution >= 4 is 23.2 Å². The number of hydrogen-bond donors (Lipinski definition) is 0. The largest absolute Gasteiger partial charge is 0.241 e. The first-order valence-corrected chi connectivity index (χ1v) is 6.55. The molecule has 3 aromatic rings. The van der Waals surface area contributed by atoms with E-state index in [9.17, 15) is 0 Å². The van der Waals surface area contributed by atoms with Gasteiger partial charge in [-0.2, -0.15) is 5.10 Å². The molecule has 1 aromatic heterocycles. The zero-order chi connectivity index (χ0) is 13.2. The van der Waals surface area contributed by atoms with Crippen LogP contribution in [0.2, 0.25) is 10.0 Å². The molecule has 0 amide bonds. The zero-order valence-electron chi connectivity index (χ0n) is 9.92. The molecule has 4 heteroatoms. The first-order valence-electron chi connectivity index (χ1n) is 5.79. The molecule has 0 spiro atoms. The Morgan fingerprint density at radius 3 is 2.58 bits per heavy atom. The molecule has 0 aliphatic heterocycles. The third-order valence-electron chi connectivity index (χ3n) is 2.85. The second-order valence-corrected chi connectivity index (χ2v) is 4.97. The normalized spacial score (nSPS) is 10.6. The van der Waals surface area contributed by atoms with Crippen LogP contribution in [0.15, 0.2) is 60.9 Å². The van der Waals surface area contributed by atoms with E-state index < -0.39 is 0 Å². The standard InChI is InChI=1S/C15H10Cl2N2/c16-12-4-1-3-11(9-12)14-10-13(5-6-15(14)17)19-8-2-7-18-19/h1-10H. The van der Waals surface area contributed by atoms with Crippen LogP contribution < -0.4 is 0 Å². The number of nitrogens with zero attached hydrogens (tertiary/aromatic N) is 2. The van der Waals surface area contributed by atoms with Crippen LogP contribution in [0.25, 0.3) is 16.8 Å². The Balaban J connectivity index is 2.13. The molecule has 0 atom stereocenters. The van der Waals surface area contributed by atoms with E-state index in [1.54, 1.807) is 10.9 Å². The van der Waals surface area contributed by atoms with E-state index >= 15 is 0 Å². The molecule has 1 heterocycles. The van der Waals surface area contributed by atoms with Crippen molar-refractivity contribution in [1.29, 1.82) is 0 Å². The van der Waals surface area contributed by atoms with Crippen LogP contribution in [0.4, 0.5) is 0 Å². The van der Waals surface area contributed by atoms with Gasteiger partial charge in [-0.15, -0.1) is 0 Å². The highest BCUT2D eigenvalue weighted by Gasteiger charge is 2.06. The monoisotopic (exact) mass is 288 g/mol. The van der Waals surface area contributed by atoms with Gasteiger partial charge in [0.1, 0.15) is 0 Å². The molecule has 0 unspecified atom stereocenters. The van der Waals surface area contributed by atoms with Crippen LogP contribution in [0.5, 0.6) is 0 Å². The predicted octanol–water partition coefficient (Wildman–Crippen LogP) is 4.85. The average molecular weight is 289 g/mol. The van der Waals surface area contributed by atoms with Crippen molar-refractivity contribution in [3.8, 4) is 16.8 Å². The molecule has 0 saturated heterocycles. The number of halogens is 2. The third-order valence-corrected chi connectivity index (χ3v) is 3.42. The van der Waals surface area contributed by atoms with Crippen LogP contribution >= 0.6 is 23.2 Å². The first kappa shape index (κ1) is 12.3. The highest BCUT2D eigenvalue weighted by atomic mass is 35.5. The molecule has 94 valence electrons. The lowest BCUT2D eigenvalue weighted by molar-refractivity contribution is 0.881. The lowest BCUT2D eigenvalue weighted by Crippen LogP contribution is -1.94. The van der Waals surface area contributed by atoms with Crippen LogP contribution in [0.1, 0.15) is 0 Å². The van der Waals surface area contributed by atoms with E-state index in [-0.39, 0.29) is 0 Å². The van der Waals surface area contributed by atoms with Gasteiger partial charge in [0, 0.05) is 28.0 Å². The Labute approximate surface area is 121 Å². The molecule has 0 fully saturated rings. The average Bonchev–Trinajstić information content (AvgIpc) is 2.93. The molecule has 0 aliphatic rings. The minimum absolute atomic E-state index is 0.693. The van der Waals surface area contributed by atoms with Gasteiger partial charge >= 0.3 is 0 Å². The van der Waals surface area contributed by atoms with E-state index in [0.29, 0.717) is 10.0 Å². The fourth-order valence-corrected chi connectivity index (χ4v) is 2.37. The summed E-state index contributed by atoms with van der Waals surface area (Å²) in [5, 5.41) is 5.60. The van der Waals surface area contributed by atoms with Gasteiger partial charge < -0.3 is 0 Å². The summed E-state index contributed by atoms with van der Waals surface area (Å²) in [4.78, 5) is 0. The number of rotatable bonds is 2. The van der Waals surface area contributed by atoms with Crippen molar-refractivity contribution in [2.75, 3.05) is 0 Å². The van der Waals surface area contributed by atoms with Crippen molar-refractivity contribution < 1.29 is 0 Å². The van der Waals surface area contributed by atoms with Gasteiger partial charge in [-0.3, -0.25) is 0 Å². The Morgan fingerprint density at radius 2 is 1.84 bits per heavy atom. The van der Waals surface area contributed by atoms with Crippen molar-refractivity contribution in [2.24, 2.45) is 0 Å². The predicted molar refractivity (Wildman–Crippen MR) is 79.0 cm³/mol. The smallest absolute Gasteiger partial charge is 0.0652 e. The molecule has 0 saturated carbocycles. The Hall–Kier alpha value is -1.77. The Kier molecular flexibility index (Phi) is 3.28. The maximum atomic E-state index is 6.27. The molecule has 0 radical (unpaired) electrons. The van der Waals surface area contributed by atoms with E-state index in [2.05, 4.69) is 5.10 Å². The summed E-state index contributed by atoms with van der Waals surface area (Å²) in [6.45, 7) is 0. The van der Waals surface area contributed by atoms with Gasteiger partial charge in [-0.05, 0) is 42.0 Å². The molecule has 19 heavy (non-hydrogen) atoms. The molecular weight excluding hydrogens is 279 g/mol. The van der Waals surface area contributed by atoms with E-state index in [1.807, 2.05) is 54.7 Å². The molecule has 2 aromatic carbocycles. The zero-order valence-corrected chi connectivity index (χ0v) is 11.4. The van der Waals surface area contributed by atoms with Crippen LogP contribution in [0, 0.1) is 0 Å². The van der Waals surface area contributed by atoms with Crippen LogP contribution in [-0.4, -0.2) is 9.78 Å². The first-order chi connectivity index (χ1) is 9.24. The summed E-state index contributed by atoms with van der Waals surface area (Å²) >= 11 is 12.3. The highest BCUT2D eigenvalue weighted by molar-refractivity contribution is 6.34. The summed E-state index contributed by atoms with van der Waals surface area (Å²) in [6, 6.07) is 15.3. The topological polar surface area (TPSA) is 17.8 Å². The second kappa shape index (κ2) is 5.08. The van der Waals surface area contributed by atoms with Crippen molar-refractivity contribution in [2.45, 2.75) is 0 Å². The SMILES string of the molecule is Clc1cccc(-c2cc(-n3cccn3)ccc2Cl)c1.